The Morgan fingerprint density at radius 2 is 0.461 bits per heavy atom. The maximum atomic E-state index is 14.7. The van der Waals surface area contributed by atoms with E-state index in [1.54, 1.807) is 0 Å². The molecule has 20 nitrogen and oxygen atoms in total. The van der Waals surface area contributed by atoms with E-state index in [0.29, 0.717) is 52.9 Å². The van der Waals surface area contributed by atoms with Gasteiger partial charge in [0, 0.05) is 6.42 Å². The predicted molar refractivity (Wildman–Crippen MR) is 385 cm³/mol. The Morgan fingerprint density at radius 1 is 0.275 bits per heavy atom. The molecule has 8 aromatic rings. The third-order valence-electron chi connectivity index (χ3n) is 15.8. The van der Waals surface area contributed by atoms with Gasteiger partial charge < -0.3 is 77.5 Å². The summed E-state index contributed by atoms with van der Waals surface area (Å²) in [5.74, 6) is -3.38. The van der Waals surface area contributed by atoms with Crippen LogP contribution in [0.3, 0.4) is 0 Å². The first-order valence-corrected chi connectivity index (χ1v) is 34.6. The molecule has 0 atom stereocenters. The van der Waals surface area contributed by atoms with Gasteiger partial charge in [0.1, 0.15) is 37.5 Å². The highest BCUT2D eigenvalue weighted by molar-refractivity contribution is 5.90. The van der Waals surface area contributed by atoms with Crippen molar-refractivity contribution in [1.29, 1.82) is 0 Å². The first-order valence-electron chi connectivity index (χ1n) is 34.6. The summed E-state index contributed by atoms with van der Waals surface area (Å²) in [6.07, 6.45) is -3.60. The van der Waals surface area contributed by atoms with Gasteiger partial charge in [-0.2, -0.15) is 0 Å². The molecule has 0 fully saturated rings. The maximum Gasteiger partial charge on any atom is 0.303 e. The van der Waals surface area contributed by atoms with E-state index in [2.05, 4.69) is 10.6 Å². The SMILES string of the molecule is O=C(O)CCC(=O)N(CC(=O)NC(COC(COCc1ccccc1)COCc1ccccc1)COC(COCc1ccccc1)COCc1ccccc1)CC(=O)NC(COC(COCc1ccccc1)COCc1ccccc1)COC(COCc1ccccc1)COCc1ccccc1. The van der Waals surface area contributed by atoms with Crippen LogP contribution in [0.4, 0.5) is 0 Å². The highest BCUT2D eigenvalue weighted by Gasteiger charge is 2.27. The Labute approximate surface area is 599 Å². The lowest BCUT2D eigenvalue weighted by molar-refractivity contribution is -0.143. The molecule has 0 bridgehead atoms. The quantitative estimate of drug-likeness (QED) is 0.0322. The van der Waals surface area contributed by atoms with E-state index in [0.717, 1.165) is 49.4 Å². The molecule has 8 rings (SSSR count). The van der Waals surface area contributed by atoms with Gasteiger partial charge in [-0.15, -0.1) is 0 Å². The van der Waals surface area contributed by atoms with Crippen LogP contribution in [0, 0.1) is 0 Å². The average molecular weight is 1400 g/mol. The number of rotatable bonds is 53. The maximum absolute atomic E-state index is 14.7. The van der Waals surface area contributed by atoms with E-state index in [-0.39, 0.29) is 79.3 Å². The summed E-state index contributed by atoms with van der Waals surface area (Å²) in [6, 6.07) is 76.1. The first-order chi connectivity index (χ1) is 50.1. The molecule has 3 amide bonds. The first kappa shape index (κ1) is 78.9. The second-order valence-corrected chi connectivity index (χ2v) is 24.5. The number of benzene rings is 8. The van der Waals surface area contributed by atoms with Gasteiger partial charge in [-0.1, -0.05) is 243 Å². The van der Waals surface area contributed by atoms with Gasteiger partial charge in [0.05, 0.1) is 151 Å². The molecule has 0 aromatic heterocycles. The Kier molecular flexibility index (Phi) is 37.2. The number of carboxylic acids is 1. The van der Waals surface area contributed by atoms with Crippen LogP contribution in [-0.4, -0.2) is 163 Å². The number of amides is 3. The minimum atomic E-state index is -1.24. The zero-order valence-electron chi connectivity index (χ0n) is 58.0. The van der Waals surface area contributed by atoms with E-state index in [1.165, 1.54) is 0 Å². The molecule has 0 spiro atoms. The number of nitrogens with zero attached hydrogens (tertiary/aromatic N) is 1. The van der Waals surface area contributed by atoms with Gasteiger partial charge in [-0.05, 0) is 44.5 Å². The summed E-state index contributed by atoms with van der Waals surface area (Å²) >= 11 is 0. The van der Waals surface area contributed by atoms with Gasteiger partial charge in [-0.3, -0.25) is 19.2 Å². The van der Waals surface area contributed by atoms with Crippen molar-refractivity contribution in [1.82, 2.24) is 15.5 Å². The fourth-order valence-corrected chi connectivity index (χ4v) is 10.4. The second kappa shape index (κ2) is 48.1. The summed E-state index contributed by atoms with van der Waals surface area (Å²) in [4.78, 5) is 56.8. The van der Waals surface area contributed by atoms with Gasteiger partial charge in [-0.25, -0.2) is 0 Å². The zero-order chi connectivity index (χ0) is 71.1. The summed E-state index contributed by atoms with van der Waals surface area (Å²) < 4.78 is 76.0. The number of hydrogen-bond donors (Lipinski definition) is 3. The van der Waals surface area contributed by atoms with Crippen LogP contribution < -0.4 is 10.6 Å². The molecule has 20 heteroatoms. The van der Waals surface area contributed by atoms with Crippen LogP contribution in [-0.2, 0) is 129 Å². The van der Waals surface area contributed by atoms with Crippen molar-refractivity contribution >= 4 is 23.7 Å². The lowest BCUT2D eigenvalue weighted by Gasteiger charge is -2.28. The molecule has 0 aliphatic heterocycles. The molecule has 0 saturated heterocycles. The number of hydrogen-bond acceptors (Lipinski definition) is 16. The fourth-order valence-electron chi connectivity index (χ4n) is 10.4. The molecule has 8 aromatic carbocycles. The standard InChI is InChI=1S/C82H97N3O17/c86-79(83-73(53-99-75(57-91-45-65-25-9-1-10-26-65)58-92-46-66-27-11-2-12-28-66)54-100-76(59-93-47-67-29-13-3-14-30-67)60-94-48-68-31-15-4-16-32-68)43-85(81(88)41-42-82(89)90)44-80(87)84-74(55-101-77(61-95-49-69-33-17-5-18-34-69)62-96-50-70-35-19-6-20-36-70)56-102-78(63-97-51-71-37-21-7-22-38-71)64-98-52-72-39-23-8-24-40-72/h1-40,73-78H,41-64H2,(H,83,86)(H,84,87)(H,89,90). The van der Waals surface area contributed by atoms with Crippen molar-refractivity contribution in [3.05, 3.63) is 287 Å². The molecular formula is C82H97N3O17. The van der Waals surface area contributed by atoms with Crippen LogP contribution in [0.5, 0.6) is 0 Å². The van der Waals surface area contributed by atoms with Crippen molar-refractivity contribution in [2.45, 2.75) is 102 Å². The summed E-state index contributed by atoms with van der Waals surface area (Å²) in [7, 11) is 0. The lowest BCUT2D eigenvalue weighted by atomic mass is 10.2. The zero-order valence-corrected chi connectivity index (χ0v) is 58.0. The molecule has 0 unspecified atom stereocenters. The smallest absolute Gasteiger partial charge is 0.303 e. The number of carbonyl (C=O) groups excluding carboxylic acids is 3. The van der Waals surface area contributed by atoms with E-state index in [1.807, 2.05) is 243 Å². The number of carbonyl (C=O) groups is 4. The lowest BCUT2D eigenvalue weighted by Crippen LogP contribution is -2.52. The predicted octanol–water partition coefficient (Wildman–Crippen LogP) is 10.9. The Hall–Kier alpha value is -8.84. The molecular weight excluding hydrogens is 1300 g/mol. The van der Waals surface area contributed by atoms with Crippen molar-refractivity contribution in [2.24, 2.45) is 0 Å². The number of aliphatic carboxylic acids is 1. The van der Waals surface area contributed by atoms with Crippen molar-refractivity contribution in [2.75, 3.05) is 92.4 Å². The largest absolute Gasteiger partial charge is 0.481 e. The Morgan fingerprint density at radius 3 is 0.637 bits per heavy atom. The normalized spacial score (nSPS) is 11.5. The summed E-state index contributed by atoms with van der Waals surface area (Å²) in [5.41, 5.74) is 7.72. The fraction of sp³-hybridized carbons (Fsp3) is 0.366. The van der Waals surface area contributed by atoms with E-state index < -0.39 is 86.1 Å². The third kappa shape index (κ3) is 33.8. The van der Waals surface area contributed by atoms with Gasteiger partial charge in [0.2, 0.25) is 17.7 Å². The van der Waals surface area contributed by atoms with Crippen LogP contribution >= 0.6 is 0 Å². The van der Waals surface area contributed by atoms with Gasteiger partial charge in [0.25, 0.3) is 0 Å². The van der Waals surface area contributed by atoms with Crippen LogP contribution in [0.1, 0.15) is 57.3 Å². The van der Waals surface area contributed by atoms with Crippen molar-refractivity contribution in [3.63, 3.8) is 0 Å². The minimum Gasteiger partial charge on any atom is -0.481 e. The Balaban J connectivity index is 1.01. The van der Waals surface area contributed by atoms with Gasteiger partial charge >= 0.3 is 5.97 Å². The van der Waals surface area contributed by atoms with Crippen LogP contribution in [0.15, 0.2) is 243 Å². The molecule has 0 radical (unpaired) electrons. The van der Waals surface area contributed by atoms with E-state index in [4.69, 9.17) is 56.8 Å². The van der Waals surface area contributed by atoms with E-state index in [9.17, 15) is 24.3 Å². The molecule has 102 heavy (non-hydrogen) atoms. The molecule has 0 aliphatic carbocycles. The topological polar surface area (TPSA) is 227 Å². The van der Waals surface area contributed by atoms with E-state index >= 15 is 0 Å². The molecule has 3 N–H and O–H groups in total. The van der Waals surface area contributed by atoms with Gasteiger partial charge in [0.15, 0.2) is 0 Å². The summed E-state index contributed by atoms with van der Waals surface area (Å²) in [6.45, 7) is 1.65. The highest BCUT2D eigenvalue weighted by Crippen LogP contribution is 2.14. The summed E-state index contributed by atoms with van der Waals surface area (Å²) in [5, 5.41) is 15.8. The second-order valence-electron chi connectivity index (χ2n) is 24.5. The van der Waals surface area contributed by atoms with Crippen molar-refractivity contribution in [3.8, 4) is 0 Å². The monoisotopic (exact) mass is 1400 g/mol. The molecule has 0 saturated carbocycles. The Bertz CT molecular complexity index is 2910. The molecule has 542 valence electrons. The van der Waals surface area contributed by atoms with Crippen LogP contribution in [0.25, 0.3) is 0 Å². The minimum absolute atomic E-state index is 0.122. The average Bonchev–Trinajstić information content (AvgIpc) is 0.929. The van der Waals surface area contributed by atoms with Crippen molar-refractivity contribution < 1.29 is 81.1 Å². The highest BCUT2D eigenvalue weighted by atomic mass is 16.6. The van der Waals surface area contributed by atoms with Crippen LogP contribution in [0.2, 0.25) is 0 Å². The third-order valence-corrected chi connectivity index (χ3v) is 15.8. The molecule has 0 heterocycles. The number of nitrogens with one attached hydrogen (secondary N) is 2. The number of ether oxygens (including phenoxy) is 12. The molecule has 0 aliphatic rings. The number of carboxylic acid groups (broad SMARTS) is 1.